The van der Waals surface area contributed by atoms with Crippen LogP contribution in [0, 0.1) is 0 Å². The van der Waals surface area contributed by atoms with E-state index in [9.17, 15) is 13.2 Å². The van der Waals surface area contributed by atoms with Gasteiger partial charge in [0.2, 0.25) is 10.0 Å². The van der Waals surface area contributed by atoms with Crippen molar-refractivity contribution >= 4 is 10.0 Å². The third-order valence-electron chi connectivity index (χ3n) is 4.76. The van der Waals surface area contributed by atoms with Crippen molar-refractivity contribution in [2.45, 2.75) is 37.3 Å². The monoisotopic (exact) mass is 361 g/mol. The minimum absolute atomic E-state index is 0.0650. The Hall–Kier alpha value is -2.19. The summed E-state index contributed by atoms with van der Waals surface area (Å²) < 4.78 is 34.5. The number of benzene rings is 1. The van der Waals surface area contributed by atoms with Gasteiger partial charge in [0, 0.05) is 25.6 Å². The van der Waals surface area contributed by atoms with Crippen LogP contribution < -0.4 is 10.3 Å². The first-order valence-electron chi connectivity index (χ1n) is 8.19. The van der Waals surface area contributed by atoms with Gasteiger partial charge in [0.05, 0.1) is 23.5 Å². The van der Waals surface area contributed by atoms with Crippen molar-refractivity contribution in [1.82, 2.24) is 13.9 Å². The van der Waals surface area contributed by atoms with Gasteiger partial charge in [-0.2, -0.15) is 4.31 Å². The molecule has 1 atom stereocenters. The molecule has 0 saturated heterocycles. The first-order chi connectivity index (χ1) is 11.9. The molecule has 3 heterocycles. The first-order valence-corrected chi connectivity index (χ1v) is 9.63. The summed E-state index contributed by atoms with van der Waals surface area (Å²) in [5.74, 6) is 0.751. The van der Waals surface area contributed by atoms with Gasteiger partial charge in [0.1, 0.15) is 11.9 Å². The Morgan fingerprint density at radius 2 is 2.12 bits per heavy atom. The zero-order chi connectivity index (χ0) is 17.8. The van der Waals surface area contributed by atoms with Crippen molar-refractivity contribution in [3.63, 3.8) is 0 Å². The number of nitrogens with zero attached hydrogens (tertiary/aromatic N) is 3. The molecule has 2 aliphatic heterocycles. The molecule has 4 rings (SSSR count). The largest absolute Gasteiger partial charge is 0.490 e. The molecule has 0 amide bonds. The number of ether oxygens (including phenoxy) is 1. The number of aromatic nitrogens is 2. The molecule has 0 N–H and O–H groups in total. The van der Waals surface area contributed by atoms with Gasteiger partial charge in [0.25, 0.3) is 5.56 Å². The third kappa shape index (κ3) is 2.65. The lowest BCUT2D eigenvalue weighted by Gasteiger charge is -2.27. The van der Waals surface area contributed by atoms with Crippen molar-refractivity contribution in [1.29, 1.82) is 0 Å². The molecular weight excluding hydrogens is 342 g/mol. The molecule has 132 valence electrons. The zero-order valence-electron chi connectivity index (χ0n) is 14.1. The highest BCUT2D eigenvalue weighted by atomic mass is 32.2. The molecule has 25 heavy (non-hydrogen) atoms. The standard InChI is InChI=1S/C17H19N3O4S/c1-11-7-12-8-13(3-4-16(12)24-11)25(22,23)20-6-5-14-15(9-20)18-10-19(2)17(14)21/h3-4,8,10-11H,5-7,9H2,1-2H3/t11-/m1/s1. The lowest BCUT2D eigenvalue weighted by Crippen LogP contribution is -2.40. The van der Waals surface area contributed by atoms with E-state index >= 15 is 0 Å². The Kier molecular flexibility index (Phi) is 3.69. The van der Waals surface area contributed by atoms with Gasteiger partial charge in [-0.15, -0.1) is 0 Å². The van der Waals surface area contributed by atoms with Crippen molar-refractivity contribution in [3.05, 3.63) is 51.7 Å². The fourth-order valence-corrected chi connectivity index (χ4v) is 4.86. The second-order valence-corrected chi connectivity index (χ2v) is 8.51. The van der Waals surface area contributed by atoms with E-state index in [1.54, 1.807) is 25.2 Å². The molecule has 1 aromatic carbocycles. The van der Waals surface area contributed by atoms with Crippen LogP contribution in [0.25, 0.3) is 0 Å². The van der Waals surface area contributed by atoms with E-state index < -0.39 is 10.0 Å². The molecule has 0 saturated carbocycles. The number of hydrogen-bond acceptors (Lipinski definition) is 5. The number of rotatable bonds is 2. The molecule has 8 heteroatoms. The van der Waals surface area contributed by atoms with E-state index in [1.807, 2.05) is 6.92 Å². The number of sulfonamides is 1. The van der Waals surface area contributed by atoms with Crippen LogP contribution in [0.15, 0.2) is 34.2 Å². The Labute approximate surface area is 145 Å². The molecule has 0 radical (unpaired) electrons. The maximum absolute atomic E-state index is 13.0. The highest BCUT2D eigenvalue weighted by Gasteiger charge is 2.31. The van der Waals surface area contributed by atoms with Gasteiger partial charge in [0.15, 0.2) is 0 Å². The molecular formula is C17H19N3O4S. The van der Waals surface area contributed by atoms with Gasteiger partial charge in [-0.3, -0.25) is 4.79 Å². The lowest BCUT2D eigenvalue weighted by atomic mass is 10.1. The molecule has 0 fully saturated rings. The number of hydrogen-bond donors (Lipinski definition) is 0. The predicted octanol–water partition coefficient (Wildman–Crippen LogP) is 0.851. The van der Waals surface area contributed by atoms with Crippen LogP contribution in [0.1, 0.15) is 23.7 Å². The van der Waals surface area contributed by atoms with Crippen LogP contribution in [0.4, 0.5) is 0 Å². The zero-order valence-corrected chi connectivity index (χ0v) is 14.9. The van der Waals surface area contributed by atoms with Gasteiger partial charge < -0.3 is 9.30 Å². The van der Waals surface area contributed by atoms with Crippen LogP contribution in [0.2, 0.25) is 0 Å². The smallest absolute Gasteiger partial charge is 0.256 e. The molecule has 7 nitrogen and oxygen atoms in total. The van der Waals surface area contributed by atoms with E-state index in [0.717, 1.165) is 11.3 Å². The summed E-state index contributed by atoms with van der Waals surface area (Å²) in [4.78, 5) is 16.6. The average molecular weight is 361 g/mol. The molecule has 1 aromatic heterocycles. The van der Waals surface area contributed by atoms with Crippen LogP contribution in [0.3, 0.4) is 0 Å². The predicted molar refractivity (Wildman–Crippen MR) is 91.0 cm³/mol. The quantitative estimate of drug-likeness (QED) is 0.792. The summed E-state index contributed by atoms with van der Waals surface area (Å²) in [7, 11) is -1.99. The summed E-state index contributed by atoms with van der Waals surface area (Å²) in [6.45, 7) is 2.36. The molecule has 0 bridgehead atoms. The van der Waals surface area contributed by atoms with Crippen LogP contribution >= 0.6 is 0 Å². The van der Waals surface area contributed by atoms with Crippen LogP contribution in [-0.2, 0) is 36.5 Å². The Balaban J connectivity index is 1.67. The van der Waals surface area contributed by atoms with Gasteiger partial charge in [-0.25, -0.2) is 13.4 Å². The lowest BCUT2D eigenvalue weighted by molar-refractivity contribution is 0.254. The first kappa shape index (κ1) is 16.3. The summed E-state index contributed by atoms with van der Waals surface area (Å²) in [5, 5.41) is 0. The highest BCUT2D eigenvalue weighted by molar-refractivity contribution is 7.89. The molecule has 0 unspecified atom stereocenters. The van der Waals surface area contributed by atoms with E-state index in [0.29, 0.717) is 24.1 Å². The SMILES string of the molecule is C[C@@H]1Cc2cc(S(=O)(=O)N3CCc4c(ncn(C)c4=O)C3)ccc2O1. The molecule has 2 aromatic rings. The third-order valence-corrected chi connectivity index (χ3v) is 6.60. The minimum atomic E-state index is -3.64. The maximum atomic E-state index is 13.0. The minimum Gasteiger partial charge on any atom is -0.490 e. The van der Waals surface area contributed by atoms with Crippen molar-refractivity contribution < 1.29 is 13.2 Å². The summed E-state index contributed by atoms with van der Waals surface area (Å²) in [6, 6.07) is 5.00. The topological polar surface area (TPSA) is 81.5 Å². The number of fused-ring (bicyclic) bond motifs is 2. The fraction of sp³-hybridized carbons (Fsp3) is 0.412. The highest BCUT2D eigenvalue weighted by Crippen LogP contribution is 2.32. The molecule has 0 spiro atoms. The second kappa shape index (κ2) is 5.67. The average Bonchev–Trinajstić information content (AvgIpc) is 2.97. The van der Waals surface area contributed by atoms with Gasteiger partial charge >= 0.3 is 0 Å². The summed E-state index contributed by atoms with van der Waals surface area (Å²) >= 11 is 0. The summed E-state index contributed by atoms with van der Waals surface area (Å²) in [5.41, 5.74) is 1.95. The Morgan fingerprint density at radius 3 is 2.92 bits per heavy atom. The maximum Gasteiger partial charge on any atom is 0.256 e. The Bertz CT molecular complexity index is 1010. The van der Waals surface area contributed by atoms with E-state index in [2.05, 4.69) is 4.98 Å². The Morgan fingerprint density at radius 1 is 1.32 bits per heavy atom. The van der Waals surface area contributed by atoms with Crippen molar-refractivity contribution in [2.75, 3.05) is 6.54 Å². The molecule has 0 aliphatic carbocycles. The van der Waals surface area contributed by atoms with E-state index in [4.69, 9.17) is 4.74 Å². The van der Waals surface area contributed by atoms with Crippen LogP contribution in [-0.4, -0.2) is 34.9 Å². The van der Waals surface area contributed by atoms with E-state index in [1.165, 1.54) is 15.2 Å². The van der Waals surface area contributed by atoms with Gasteiger partial charge in [-0.1, -0.05) is 0 Å². The summed E-state index contributed by atoms with van der Waals surface area (Å²) in [6.07, 6.45) is 2.58. The normalized spacial score (nSPS) is 20.0. The van der Waals surface area contributed by atoms with Gasteiger partial charge in [-0.05, 0) is 37.1 Å². The second-order valence-electron chi connectivity index (χ2n) is 6.58. The van der Waals surface area contributed by atoms with Crippen molar-refractivity contribution in [3.8, 4) is 5.75 Å². The fourth-order valence-electron chi connectivity index (χ4n) is 3.41. The van der Waals surface area contributed by atoms with E-state index in [-0.39, 0.29) is 29.6 Å². The molecule has 2 aliphatic rings. The number of aryl methyl sites for hydroxylation is 1. The van der Waals surface area contributed by atoms with Crippen molar-refractivity contribution in [2.24, 2.45) is 7.05 Å². The van der Waals surface area contributed by atoms with Crippen LogP contribution in [0.5, 0.6) is 5.75 Å².